The van der Waals surface area contributed by atoms with Gasteiger partial charge >= 0.3 is 5.97 Å². The molecule has 2 atom stereocenters. The van der Waals surface area contributed by atoms with Gasteiger partial charge < -0.3 is 59.7 Å². The van der Waals surface area contributed by atoms with Crippen molar-refractivity contribution in [3.8, 4) is 0 Å². The molecule has 7 fully saturated rings. The van der Waals surface area contributed by atoms with Crippen LogP contribution in [0.15, 0.2) is 110 Å². The van der Waals surface area contributed by atoms with Gasteiger partial charge in [-0.1, -0.05) is 90.0 Å². The molecule has 6 aromatic heterocycles. The predicted octanol–water partition coefficient (Wildman–Crippen LogP) is 16.5. The quantitative estimate of drug-likeness (QED) is 0.0508. The molecule has 0 saturated carbocycles. The van der Waals surface area contributed by atoms with Crippen molar-refractivity contribution in [1.29, 1.82) is 0 Å². The number of carboxylic acids is 1. The number of aliphatic carboxylic acids is 1. The fourth-order valence-electron chi connectivity index (χ4n) is 15.8. The van der Waals surface area contributed by atoms with Gasteiger partial charge in [-0.25, -0.2) is 0 Å². The van der Waals surface area contributed by atoms with Crippen LogP contribution in [0.3, 0.4) is 0 Å². The first-order chi connectivity index (χ1) is 53.5. The van der Waals surface area contributed by atoms with Crippen molar-refractivity contribution in [3.05, 3.63) is 144 Å². The molecule has 20 nitrogen and oxygen atoms in total. The average molecular weight is 1550 g/mol. The lowest BCUT2D eigenvalue weighted by Gasteiger charge is -2.39. The highest BCUT2D eigenvalue weighted by atomic mass is 16.5. The summed E-state index contributed by atoms with van der Waals surface area (Å²) in [4.78, 5) is 54.7. The van der Waals surface area contributed by atoms with Gasteiger partial charge in [-0.3, -0.25) is 39.6 Å². The topological polar surface area (TPSA) is 227 Å². The van der Waals surface area contributed by atoms with Gasteiger partial charge in [-0.2, -0.15) is 0 Å². The average Bonchev–Trinajstić information content (AvgIpc) is 0.861. The lowest BCUT2D eigenvalue weighted by Crippen LogP contribution is -2.42. The summed E-state index contributed by atoms with van der Waals surface area (Å²) in [5, 5.41) is 47.2. The molecule has 13 heterocycles. The molecule has 7 saturated heterocycles. The van der Waals surface area contributed by atoms with Crippen LogP contribution in [-0.4, -0.2) is 203 Å². The number of aliphatic hydroxyl groups excluding tert-OH is 3. The molecule has 13 rings (SSSR count). The second-order valence-electron chi connectivity index (χ2n) is 35.6. The minimum atomic E-state index is -0.664. The molecule has 0 spiro atoms. The van der Waals surface area contributed by atoms with Crippen LogP contribution in [0.2, 0.25) is 0 Å². The van der Waals surface area contributed by atoms with Gasteiger partial charge in [0.05, 0.1) is 102 Å². The number of anilines is 6. The Morgan fingerprint density at radius 2 is 0.750 bits per heavy atom. The number of hydrogen-bond acceptors (Lipinski definition) is 19. The summed E-state index contributed by atoms with van der Waals surface area (Å²) in [6, 6.07) is 25.7. The molecule has 0 radical (unpaired) electrons. The van der Waals surface area contributed by atoms with Crippen LogP contribution in [0.25, 0.3) is 0 Å². The van der Waals surface area contributed by atoms with E-state index in [0.717, 1.165) is 209 Å². The van der Waals surface area contributed by atoms with Gasteiger partial charge in [0.15, 0.2) is 0 Å². The number of piperidine rings is 6. The third kappa shape index (κ3) is 28.4. The molecular weight excluding hydrogens is 1400 g/mol. The molecule has 0 aliphatic carbocycles. The Bertz CT molecular complexity index is 3570. The van der Waals surface area contributed by atoms with Crippen molar-refractivity contribution in [2.45, 2.75) is 235 Å². The summed E-state index contributed by atoms with van der Waals surface area (Å²) in [6.45, 7) is 51.8. The summed E-state index contributed by atoms with van der Waals surface area (Å²) in [5.41, 5.74) is 13.6. The van der Waals surface area contributed by atoms with Gasteiger partial charge in [0.1, 0.15) is 0 Å². The number of aromatic nitrogens is 6. The lowest BCUT2D eigenvalue weighted by atomic mass is 9.81. The predicted molar refractivity (Wildman–Crippen MR) is 461 cm³/mol. The van der Waals surface area contributed by atoms with Crippen LogP contribution >= 0.6 is 0 Å². The fourth-order valence-corrected chi connectivity index (χ4v) is 15.8. The van der Waals surface area contributed by atoms with Crippen molar-refractivity contribution in [3.63, 3.8) is 0 Å². The molecule has 0 amide bonds. The SMILES string of the molecule is CC(C)c1ccc(N2CCC(C(=O)O)CC2)cn1.CC(C)c1ccc(N2CCC(C(C)(C)O)CC2)cn1.CC(C)c1ccc(N2CCC(C)(CO)CC2)cn1.CC(C)c1ccc(N2CCC(CN3CCOCC3)CC2)cn1.CC(C)c1ccc(N2CCC(CO)CC2)cn1.CC(C)c1ccc(N2CCC[C@@H]([C@H](C)O)C2)cn1. The van der Waals surface area contributed by atoms with Crippen LogP contribution in [0.4, 0.5) is 34.1 Å². The third-order valence-corrected chi connectivity index (χ3v) is 24.3. The number of morpholine rings is 1. The maximum Gasteiger partial charge on any atom is 0.306 e. The van der Waals surface area contributed by atoms with Crippen LogP contribution in [-0.2, 0) is 9.53 Å². The number of rotatable bonds is 19. The van der Waals surface area contributed by atoms with Crippen LogP contribution in [0, 0.1) is 35.0 Å². The van der Waals surface area contributed by atoms with Crippen molar-refractivity contribution in [2.75, 3.05) is 154 Å². The highest BCUT2D eigenvalue weighted by molar-refractivity contribution is 5.70. The number of aliphatic hydroxyl groups is 4. The van der Waals surface area contributed by atoms with Gasteiger partial charge in [0.2, 0.25) is 0 Å². The van der Waals surface area contributed by atoms with Crippen LogP contribution in [0.5, 0.6) is 0 Å². The monoisotopic (exact) mass is 1540 g/mol. The number of carboxylic acid groups (broad SMARTS) is 1. The van der Waals surface area contributed by atoms with Gasteiger partial charge in [0.25, 0.3) is 0 Å². The molecule has 7 aliphatic heterocycles. The van der Waals surface area contributed by atoms with E-state index in [1.807, 2.05) is 51.8 Å². The maximum atomic E-state index is 10.9. The minimum Gasteiger partial charge on any atom is -0.481 e. The van der Waals surface area contributed by atoms with Gasteiger partial charge in [-0.15, -0.1) is 0 Å². The molecule has 0 bridgehead atoms. The molecule has 20 heteroatoms. The summed E-state index contributed by atoms with van der Waals surface area (Å²) < 4.78 is 5.43. The van der Waals surface area contributed by atoms with Crippen molar-refractivity contribution in [2.24, 2.45) is 35.0 Å². The molecule has 112 heavy (non-hydrogen) atoms. The first-order valence-electron chi connectivity index (χ1n) is 42.9. The van der Waals surface area contributed by atoms with Gasteiger partial charge in [0, 0.05) is 151 Å². The minimum absolute atomic E-state index is 0.113. The Morgan fingerprint density at radius 1 is 0.438 bits per heavy atom. The highest BCUT2D eigenvalue weighted by Crippen LogP contribution is 2.35. The fraction of sp³-hybridized carbons (Fsp3) is 0.663. The van der Waals surface area contributed by atoms with Crippen LogP contribution in [0.1, 0.15) is 258 Å². The van der Waals surface area contributed by atoms with Gasteiger partial charge in [-0.05, 0) is 229 Å². The number of carbonyl (C=O) groups is 1. The smallest absolute Gasteiger partial charge is 0.306 e. The molecule has 620 valence electrons. The van der Waals surface area contributed by atoms with E-state index in [2.05, 4.69) is 233 Å². The van der Waals surface area contributed by atoms with E-state index in [4.69, 9.17) is 14.9 Å². The van der Waals surface area contributed by atoms with E-state index in [0.29, 0.717) is 66.5 Å². The van der Waals surface area contributed by atoms with E-state index in [9.17, 15) is 20.1 Å². The Kier molecular flexibility index (Phi) is 36.1. The van der Waals surface area contributed by atoms with E-state index < -0.39 is 11.6 Å². The maximum absolute atomic E-state index is 10.9. The zero-order valence-corrected chi connectivity index (χ0v) is 71.6. The molecular formula is C92H145N13O7. The van der Waals surface area contributed by atoms with Crippen molar-refractivity contribution < 1.29 is 35.1 Å². The first kappa shape index (κ1) is 90.5. The normalized spacial score (nSPS) is 19.4. The van der Waals surface area contributed by atoms with E-state index in [1.165, 1.54) is 53.5 Å². The summed E-state index contributed by atoms with van der Waals surface area (Å²) >= 11 is 0. The second-order valence-corrected chi connectivity index (χ2v) is 35.6. The first-order valence-corrected chi connectivity index (χ1v) is 42.9. The number of hydrogen-bond donors (Lipinski definition) is 5. The molecule has 0 aromatic carbocycles. The van der Waals surface area contributed by atoms with Crippen molar-refractivity contribution >= 4 is 40.1 Å². The third-order valence-electron chi connectivity index (χ3n) is 24.3. The Hall–Kier alpha value is -7.07. The molecule has 7 aliphatic rings. The second kappa shape index (κ2) is 44.7. The zero-order chi connectivity index (χ0) is 81.1. The Labute approximate surface area is 674 Å². The summed E-state index contributed by atoms with van der Waals surface area (Å²) in [6.07, 6.45) is 24.4. The lowest BCUT2D eigenvalue weighted by molar-refractivity contribution is -0.142. The van der Waals surface area contributed by atoms with Crippen molar-refractivity contribution in [1.82, 2.24) is 34.8 Å². The highest BCUT2D eigenvalue weighted by Gasteiger charge is 2.33. The van der Waals surface area contributed by atoms with E-state index >= 15 is 0 Å². The molecule has 0 unspecified atom stereocenters. The zero-order valence-electron chi connectivity index (χ0n) is 71.6. The number of ether oxygens (including phenoxy) is 1. The Balaban J connectivity index is 0.000000169. The molecule has 5 N–H and O–H groups in total. The van der Waals surface area contributed by atoms with E-state index in [-0.39, 0.29) is 17.4 Å². The standard InChI is InChI=1S/C18H29N3O.C16H26N2O.2C15H24N2O.C14H20N2O2.C14H22N2O/c1-15(2)18-4-3-17(13-19-18)21-7-5-16(6-8-21)14-20-9-11-22-12-10-20;1-12(2)15-6-5-14(11-17-15)18-9-7-13(8-10-18)16(3,4)19;1-12(2)14-5-4-13(10-16-14)17-8-6-15(3,11-18)7-9-17;1-11(2)15-7-6-14(9-16-15)17-8-4-5-13(10-17)12(3)18;1-10(2)13-4-3-12(9-15-13)16-7-5-11(6-8-16)14(17)18;1-11(2)14-4-3-13(9-15-14)16-7-5-12(10-17)6-8-16/h3-4,13,15-16H,5-12,14H2,1-2H3;5-6,11-13,19H,7-10H2,1-4H3;4-5,10,12,18H,6-9,11H2,1-3H3;6-7,9,11-13,18H,4-5,8,10H2,1-3H3;3-4,9-11H,5-8H2,1-2H3,(H,17,18);3-4,9,11-12,17H,5-8,10H2,1-2H3/t;;;12-,13+;;/m...0../s1. The Morgan fingerprint density at radius 3 is 1.04 bits per heavy atom. The number of pyridine rings is 6. The van der Waals surface area contributed by atoms with Crippen LogP contribution < -0.4 is 29.4 Å². The largest absolute Gasteiger partial charge is 0.481 e. The summed E-state index contributed by atoms with van der Waals surface area (Å²) in [7, 11) is 0. The number of nitrogens with zero attached hydrogens (tertiary/aromatic N) is 13. The summed E-state index contributed by atoms with van der Waals surface area (Å²) in [5.74, 6) is 4.18. The van der Waals surface area contributed by atoms with E-state index in [1.54, 1.807) is 0 Å². The molecule has 6 aromatic rings.